The van der Waals surface area contributed by atoms with Crippen LogP contribution in [0.4, 0.5) is 32.0 Å². The van der Waals surface area contributed by atoms with Crippen molar-refractivity contribution in [2.24, 2.45) is 5.73 Å². The molecule has 0 aromatic heterocycles. The van der Waals surface area contributed by atoms with E-state index in [2.05, 4.69) is 5.32 Å². The summed E-state index contributed by atoms with van der Waals surface area (Å²) in [6, 6.07) is 1.18. The molecule has 0 heterocycles. The third-order valence-electron chi connectivity index (χ3n) is 3.13. The van der Waals surface area contributed by atoms with Gasteiger partial charge in [0.2, 0.25) is 5.91 Å². The number of nitrogens with one attached hydrogen (secondary N) is 1. The van der Waals surface area contributed by atoms with Gasteiger partial charge in [0.05, 0.1) is 6.54 Å². The lowest BCUT2D eigenvalue weighted by Gasteiger charge is -2.31. The number of hydrogen-bond acceptors (Lipinski definition) is 3. The van der Waals surface area contributed by atoms with Crippen LogP contribution in [0, 0.1) is 13.8 Å². The van der Waals surface area contributed by atoms with Gasteiger partial charge in [0, 0.05) is 11.3 Å². The lowest BCUT2D eigenvalue weighted by molar-refractivity contribution is -0.390. The Morgan fingerprint density at radius 2 is 1.57 bits per heavy atom. The SMILES string of the molecule is Cc1cc(C(F)(F)C(O)(F)C(F)(F)F)cc(C)c1NCC(N)=O. The smallest absolute Gasteiger partial charge is 0.376 e. The van der Waals surface area contributed by atoms with E-state index in [-0.39, 0.29) is 23.4 Å². The van der Waals surface area contributed by atoms with E-state index < -0.39 is 29.4 Å². The number of halogens is 6. The Hall–Kier alpha value is -1.97. The summed E-state index contributed by atoms with van der Waals surface area (Å²) in [5.41, 5.74) is 3.81. The molecule has 130 valence electrons. The van der Waals surface area contributed by atoms with Crippen LogP contribution in [0.1, 0.15) is 16.7 Å². The maximum absolute atomic E-state index is 13.8. The average Bonchev–Trinajstić information content (AvgIpc) is 2.35. The van der Waals surface area contributed by atoms with E-state index in [4.69, 9.17) is 10.8 Å². The van der Waals surface area contributed by atoms with Crippen molar-refractivity contribution in [3.63, 3.8) is 0 Å². The van der Waals surface area contributed by atoms with Gasteiger partial charge in [0.25, 0.3) is 0 Å². The molecule has 0 aliphatic carbocycles. The second kappa shape index (κ2) is 5.91. The number of alkyl halides is 6. The Bertz CT molecular complexity index is 590. The number of anilines is 1. The number of rotatable bonds is 5. The number of primary amides is 1. The predicted octanol–water partition coefficient (Wildman–Crippen LogP) is 2.51. The summed E-state index contributed by atoms with van der Waals surface area (Å²) in [6.07, 6.45) is -6.18. The van der Waals surface area contributed by atoms with Gasteiger partial charge in [0.1, 0.15) is 0 Å². The van der Waals surface area contributed by atoms with Crippen LogP contribution in [0.3, 0.4) is 0 Å². The summed E-state index contributed by atoms with van der Waals surface area (Å²) in [5, 5.41) is 11.2. The van der Waals surface area contributed by atoms with Gasteiger partial charge >= 0.3 is 18.0 Å². The van der Waals surface area contributed by atoms with E-state index >= 15 is 0 Å². The summed E-state index contributed by atoms with van der Waals surface area (Å²) in [5.74, 6) is -11.7. The molecule has 0 spiro atoms. The lowest BCUT2D eigenvalue weighted by Crippen LogP contribution is -2.53. The van der Waals surface area contributed by atoms with E-state index in [1.54, 1.807) is 0 Å². The molecular weight excluding hydrogens is 330 g/mol. The van der Waals surface area contributed by atoms with Gasteiger partial charge in [-0.05, 0) is 37.1 Å². The molecule has 0 bridgehead atoms. The first kappa shape index (κ1) is 19.1. The molecule has 0 aliphatic rings. The highest BCUT2D eigenvalue weighted by Gasteiger charge is 2.71. The fourth-order valence-corrected chi connectivity index (χ4v) is 1.97. The number of benzene rings is 1. The maximum atomic E-state index is 13.8. The minimum absolute atomic E-state index is 0.0268. The molecule has 0 radical (unpaired) electrons. The van der Waals surface area contributed by atoms with Gasteiger partial charge in [0.15, 0.2) is 0 Å². The Morgan fingerprint density at radius 3 is 1.91 bits per heavy atom. The molecule has 1 aromatic carbocycles. The van der Waals surface area contributed by atoms with E-state index in [1.807, 2.05) is 0 Å². The Labute approximate surface area is 127 Å². The van der Waals surface area contributed by atoms with Crippen molar-refractivity contribution in [2.75, 3.05) is 11.9 Å². The highest BCUT2D eigenvalue weighted by molar-refractivity contribution is 5.79. The number of aliphatic hydroxyl groups is 1. The normalized spacial score (nSPS) is 15.2. The third-order valence-corrected chi connectivity index (χ3v) is 3.13. The molecule has 0 saturated carbocycles. The van der Waals surface area contributed by atoms with Crippen LogP contribution in [0.15, 0.2) is 12.1 Å². The molecule has 0 aliphatic heterocycles. The molecule has 1 unspecified atom stereocenters. The largest absolute Gasteiger partial charge is 0.455 e. The standard InChI is InChI=1S/C13H14F6N2O2/c1-6-3-8(4-7(2)10(6)21-5-9(20)22)11(14,15)12(16,23)13(17,18)19/h3-4,21,23H,5H2,1-2H3,(H2,20,22). The fourth-order valence-electron chi connectivity index (χ4n) is 1.97. The lowest BCUT2D eigenvalue weighted by atomic mass is 9.95. The summed E-state index contributed by atoms with van der Waals surface area (Å²) < 4.78 is 77.9. The van der Waals surface area contributed by atoms with Gasteiger partial charge in [-0.25, -0.2) is 0 Å². The highest BCUT2D eigenvalue weighted by Crippen LogP contribution is 2.49. The number of amides is 1. The first-order valence-electron chi connectivity index (χ1n) is 6.21. The minimum atomic E-state index is -6.18. The fraction of sp³-hybridized carbons (Fsp3) is 0.462. The summed E-state index contributed by atoms with van der Waals surface area (Å²) in [4.78, 5) is 10.7. The molecule has 4 nitrogen and oxygen atoms in total. The van der Waals surface area contributed by atoms with E-state index in [1.165, 1.54) is 13.8 Å². The van der Waals surface area contributed by atoms with Crippen LogP contribution in [0.5, 0.6) is 0 Å². The maximum Gasteiger partial charge on any atom is 0.455 e. The second-order valence-corrected chi connectivity index (χ2v) is 5.00. The third kappa shape index (κ3) is 3.52. The molecule has 1 rings (SSSR count). The summed E-state index contributed by atoms with van der Waals surface area (Å²) >= 11 is 0. The molecule has 0 saturated heterocycles. The molecule has 0 fully saturated rings. The van der Waals surface area contributed by atoms with Crippen LogP contribution >= 0.6 is 0 Å². The van der Waals surface area contributed by atoms with Crippen LogP contribution in [0.2, 0.25) is 0 Å². The summed E-state index contributed by atoms with van der Waals surface area (Å²) in [6.45, 7) is 2.20. The molecular formula is C13H14F6N2O2. The Morgan fingerprint density at radius 1 is 1.13 bits per heavy atom. The molecule has 23 heavy (non-hydrogen) atoms. The van der Waals surface area contributed by atoms with Crippen molar-refractivity contribution in [2.45, 2.75) is 31.8 Å². The van der Waals surface area contributed by atoms with Gasteiger partial charge in [-0.2, -0.15) is 26.3 Å². The number of carbonyl (C=O) groups is 1. The van der Waals surface area contributed by atoms with Crippen LogP contribution < -0.4 is 11.1 Å². The number of aryl methyl sites for hydroxylation is 2. The molecule has 4 N–H and O–H groups in total. The minimum Gasteiger partial charge on any atom is -0.376 e. The van der Waals surface area contributed by atoms with E-state index in [0.717, 1.165) is 0 Å². The monoisotopic (exact) mass is 344 g/mol. The van der Waals surface area contributed by atoms with Crippen molar-refractivity contribution in [3.05, 3.63) is 28.8 Å². The number of nitrogens with two attached hydrogens (primary N) is 1. The average molecular weight is 344 g/mol. The topological polar surface area (TPSA) is 75.3 Å². The molecule has 10 heteroatoms. The van der Waals surface area contributed by atoms with E-state index in [9.17, 15) is 31.1 Å². The van der Waals surface area contributed by atoms with Crippen molar-refractivity contribution in [1.29, 1.82) is 0 Å². The molecule has 1 amide bonds. The van der Waals surface area contributed by atoms with Crippen molar-refractivity contribution in [1.82, 2.24) is 0 Å². The molecule has 1 aromatic rings. The predicted molar refractivity (Wildman–Crippen MR) is 69.6 cm³/mol. The quantitative estimate of drug-likeness (QED) is 0.719. The zero-order valence-electron chi connectivity index (χ0n) is 12.1. The van der Waals surface area contributed by atoms with Gasteiger partial charge in [-0.3, -0.25) is 4.79 Å². The Balaban J connectivity index is 3.32. The zero-order valence-corrected chi connectivity index (χ0v) is 12.1. The van der Waals surface area contributed by atoms with Crippen molar-refractivity contribution in [3.8, 4) is 0 Å². The van der Waals surface area contributed by atoms with Crippen molar-refractivity contribution < 1.29 is 36.2 Å². The van der Waals surface area contributed by atoms with Crippen LogP contribution in [0.25, 0.3) is 0 Å². The Kier molecular flexibility index (Phi) is 4.90. The van der Waals surface area contributed by atoms with Gasteiger partial charge in [-0.15, -0.1) is 0 Å². The number of carbonyl (C=O) groups excluding carboxylic acids is 1. The highest BCUT2D eigenvalue weighted by atomic mass is 19.4. The summed E-state index contributed by atoms with van der Waals surface area (Å²) in [7, 11) is 0. The first-order valence-corrected chi connectivity index (χ1v) is 6.21. The second-order valence-electron chi connectivity index (χ2n) is 5.00. The first-order chi connectivity index (χ1) is 10.2. The van der Waals surface area contributed by atoms with Gasteiger partial charge < -0.3 is 16.2 Å². The number of hydrogen-bond donors (Lipinski definition) is 3. The van der Waals surface area contributed by atoms with Crippen molar-refractivity contribution >= 4 is 11.6 Å². The van der Waals surface area contributed by atoms with Crippen LogP contribution in [-0.2, 0) is 10.7 Å². The molecule has 1 atom stereocenters. The van der Waals surface area contributed by atoms with Crippen LogP contribution in [-0.4, -0.2) is 29.6 Å². The zero-order chi connectivity index (χ0) is 18.2. The van der Waals surface area contributed by atoms with Gasteiger partial charge in [-0.1, -0.05) is 0 Å². The van der Waals surface area contributed by atoms with E-state index in [0.29, 0.717) is 12.1 Å².